The summed E-state index contributed by atoms with van der Waals surface area (Å²) in [5.74, 6) is 1.14. The molecule has 0 saturated heterocycles. The summed E-state index contributed by atoms with van der Waals surface area (Å²) in [6, 6.07) is 13.5. The van der Waals surface area contributed by atoms with Gasteiger partial charge in [-0.2, -0.15) is 4.98 Å². The highest BCUT2D eigenvalue weighted by Crippen LogP contribution is 2.30. The lowest BCUT2D eigenvalue weighted by molar-refractivity contribution is 0.102. The average Bonchev–Trinajstić information content (AvgIpc) is 2.73. The van der Waals surface area contributed by atoms with Crippen molar-refractivity contribution in [2.45, 2.75) is 0 Å². The first-order chi connectivity index (χ1) is 13.5. The summed E-state index contributed by atoms with van der Waals surface area (Å²) in [4.78, 5) is 31.0. The number of ether oxygens (including phenoxy) is 3. The average molecular weight is 381 g/mol. The molecule has 2 aromatic carbocycles. The summed E-state index contributed by atoms with van der Waals surface area (Å²) in [6.07, 6.45) is 0. The summed E-state index contributed by atoms with van der Waals surface area (Å²) in [5, 5.41) is 2.72. The number of H-pyrrole nitrogens is 1. The van der Waals surface area contributed by atoms with Gasteiger partial charge in [0.15, 0.2) is 11.5 Å². The fraction of sp³-hybridized carbons (Fsp3) is 0.150. The lowest BCUT2D eigenvalue weighted by Crippen LogP contribution is -2.21. The van der Waals surface area contributed by atoms with Gasteiger partial charge in [0.2, 0.25) is 0 Å². The van der Waals surface area contributed by atoms with E-state index in [2.05, 4.69) is 15.3 Å². The first kappa shape index (κ1) is 19.0. The zero-order valence-corrected chi connectivity index (χ0v) is 15.6. The van der Waals surface area contributed by atoms with Crippen LogP contribution in [0.4, 0.5) is 5.69 Å². The number of anilines is 1. The van der Waals surface area contributed by atoms with Crippen LogP contribution in [0.25, 0.3) is 11.3 Å². The van der Waals surface area contributed by atoms with Crippen LogP contribution in [0.3, 0.4) is 0 Å². The Bertz CT molecular complexity index is 1060. The minimum Gasteiger partial charge on any atom is -0.497 e. The molecular weight excluding hydrogens is 362 g/mol. The van der Waals surface area contributed by atoms with Gasteiger partial charge in [-0.25, -0.2) is 4.79 Å². The molecule has 144 valence electrons. The van der Waals surface area contributed by atoms with Gasteiger partial charge >= 0.3 is 5.69 Å². The molecule has 0 aliphatic heterocycles. The van der Waals surface area contributed by atoms with Crippen LogP contribution in [-0.2, 0) is 0 Å². The van der Waals surface area contributed by atoms with Crippen molar-refractivity contribution in [1.29, 1.82) is 0 Å². The van der Waals surface area contributed by atoms with Gasteiger partial charge in [0.25, 0.3) is 5.91 Å². The van der Waals surface area contributed by atoms with Crippen LogP contribution in [0.15, 0.2) is 53.3 Å². The van der Waals surface area contributed by atoms with Crippen LogP contribution >= 0.6 is 0 Å². The Kier molecular flexibility index (Phi) is 5.59. The third-order valence-corrected chi connectivity index (χ3v) is 4.00. The Morgan fingerprint density at radius 3 is 2.46 bits per heavy atom. The highest BCUT2D eigenvalue weighted by atomic mass is 16.5. The Morgan fingerprint density at radius 2 is 1.75 bits per heavy atom. The van der Waals surface area contributed by atoms with Gasteiger partial charge in [0, 0.05) is 17.3 Å². The van der Waals surface area contributed by atoms with E-state index in [0.29, 0.717) is 34.2 Å². The second-order valence-electron chi connectivity index (χ2n) is 5.74. The third-order valence-electron chi connectivity index (χ3n) is 4.00. The predicted octanol–water partition coefficient (Wildman–Crippen LogP) is 2.71. The number of nitrogens with zero attached hydrogens (tertiary/aromatic N) is 1. The SMILES string of the molecule is COc1cccc(-c2cc(C(=O)Nc3ccc(OC)c(OC)c3)[nH]c(=O)n2)c1. The maximum atomic E-state index is 12.6. The number of benzene rings is 2. The van der Waals surface area contributed by atoms with Crippen LogP contribution in [0.2, 0.25) is 0 Å². The van der Waals surface area contributed by atoms with Crippen molar-refractivity contribution in [3.8, 4) is 28.5 Å². The normalized spacial score (nSPS) is 10.2. The van der Waals surface area contributed by atoms with E-state index in [4.69, 9.17) is 14.2 Å². The Balaban J connectivity index is 1.90. The molecule has 0 bridgehead atoms. The van der Waals surface area contributed by atoms with Crippen molar-refractivity contribution in [1.82, 2.24) is 9.97 Å². The number of aromatic nitrogens is 2. The smallest absolute Gasteiger partial charge is 0.346 e. The standard InChI is InChI=1S/C20H19N3O5/c1-26-14-6-4-5-12(9-14)15-11-16(23-20(25)22-15)19(24)21-13-7-8-17(27-2)18(10-13)28-3/h4-11H,1-3H3,(H,21,24)(H,22,23,25). The molecule has 0 fully saturated rings. The number of amides is 1. The lowest BCUT2D eigenvalue weighted by Gasteiger charge is -2.11. The lowest BCUT2D eigenvalue weighted by atomic mass is 10.1. The molecule has 3 rings (SSSR count). The van der Waals surface area contributed by atoms with Gasteiger partial charge < -0.3 is 24.5 Å². The van der Waals surface area contributed by atoms with E-state index >= 15 is 0 Å². The molecule has 8 heteroatoms. The molecule has 2 N–H and O–H groups in total. The van der Waals surface area contributed by atoms with Gasteiger partial charge in [-0.1, -0.05) is 12.1 Å². The summed E-state index contributed by atoms with van der Waals surface area (Å²) >= 11 is 0. The maximum Gasteiger partial charge on any atom is 0.346 e. The minimum atomic E-state index is -0.627. The number of aromatic amines is 1. The Labute approximate surface area is 161 Å². The van der Waals surface area contributed by atoms with E-state index in [-0.39, 0.29) is 5.69 Å². The molecule has 3 aromatic rings. The third kappa shape index (κ3) is 4.12. The summed E-state index contributed by atoms with van der Waals surface area (Å²) in [6.45, 7) is 0. The second-order valence-corrected chi connectivity index (χ2v) is 5.74. The predicted molar refractivity (Wildman–Crippen MR) is 104 cm³/mol. The number of hydrogen-bond donors (Lipinski definition) is 2. The topological polar surface area (TPSA) is 103 Å². The number of nitrogens with one attached hydrogen (secondary N) is 2. The molecular formula is C20H19N3O5. The van der Waals surface area contributed by atoms with Crippen LogP contribution in [0, 0.1) is 0 Å². The Hall–Kier alpha value is -3.81. The fourth-order valence-electron chi connectivity index (χ4n) is 2.62. The van der Waals surface area contributed by atoms with Gasteiger partial charge in [-0.05, 0) is 30.3 Å². The quantitative estimate of drug-likeness (QED) is 0.681. The highest BCUT2D eigenvalue weighted by Gasteiger charge is 2.13. The van der Waals surface area contributed by atoms with Crippen molar-refractivity contribution in [3.05, 3.63) is 64.7 Å². The molecule has 28 heavy (non-hydrogen) atoms. The molecule has 8 nitrogen and oxygen atoms in total. The number of methoxy groups -OCH3 is 3. The van der Waals surface area contributed by atoms with Crippen LogP contribution in [-0.4, -0.2) is 37.2 Å². The van der Waals surface area contributed by atoms with E-state index in [1.54, 1.807) is 49.6 Å². The molecule has 0 aliphatic rings. The van der Waals surface area contributed by atoms with E-state index in [1.807, 2.05) is 0 Å². The van der Waals surface area contributed by atoms with Crippen molar-refractivity contribution < 1.29 is 19.0 Å². The fourth-order valence-corrected chi connectivity index (χ4v) is 2.62. The van der Waals surface area contributed by atoms with Crippen LogP contribution < -0.4 is 25.2 Å². The first-order valence-corrected chi connectivity index (χ1v) is 8.33. The molecule has 0 radical (unpaired) electrons. The summed E-state index contributed by atoms with van der Waals surface area (Å²) in [5.41, 5.74) is 0.958. The van der Waals surface area contributed by atoms with Gasteiger partial charge in [0.1, 0.15) is 11.4 Å². The van der Waals surface area contributed by atoms with Crippen molar-refractivity contribution in [3.63, 3.8) is 0 Å². The van der Waals surface area contributed by atoms with Crippen molar-refractivity contribution in [2.75, 3.05) is 26.6 Å². The van der Waals surface area contributed by atoms with E-state index in [1.165, 1.54) is 20.3 Å². The molecule has 0 saturated carbocycles. The molecule has 0 atom stereocenters. The van der Waals surface area contributed by atoms with Crippen molar-refractivity contribution >= 4 is 11.6 Å². The second kappa shape index (κ2) is 8.26. The van der Waals surface area contributed by atoms with E-state index < -0.39 is 11.6 Å². The number of hydrogen-bond acceptors (Lipinski definition) is 6. The van der Waals surface area contributed by atoms with Gasteiger partial charge in [0.05, 0.1) is 27.0 Å². The molecule has 0 spiro atoms. The van der Waals surface area contributed by atoms with Gasteiger partial charge in [-0.15, -0.1) is 0 Å². The van der Waals surface area contributed by atoms with E-state index in [9.17, 15) is 9.59 Å². The largest absolute Gasteiger partial charge is 0.497 e. The van der Waals surface area contributed by atoms with E-state index in [0.717, 1.165) is 0 Å². The molecule has 0 unspecified atom stereocenters. The highest BCUT2D eigenvalue weighted by molar-refractivity contribution is 6.03. The maximum absolute atomic E-state index is 12.6. The zero-order chi connectivity index (χ0) is 20.1. The van der Waals surface area contributed by atoms with Gasteiger partial charge in [-0.3, -0.25) is 4.79 Å². The monoisotopic (exact) mass is 381 g/mol. The number of carbonyl (C=O) groups is 1. The Morgan fingerprint density at radius 1 is 0.964 bits per heavy atom. The van der Waals surface area contributed by atoms with Crippen LogP contribution in [0.5, 0.6) is 17.2 Å². The molecule has 0 aliphatic carbocycles. The zero-order valence-electron chi connectivity index (χ0n) is 15.6. The van der Waals surface area contributed by atoms with Crippen LogP contribution in [0.1, 0.15) is 10.5 Å². The molecule has 1 aromatic heterocycles. The first-order valence-electron chi connectivity index (χ1n) is 8.33. The number of rotatable bonds is 6. The minimum absolute atomic E-state index is 0.0765. The molecule has 1 amide bonds. The number of carbonyl (C=O) groups excluding carboxylic acids is 1. The summed E-state index contributed by atoms with van der Waals surface area (Å²) < 4.78 is 15.6. The molecule has 1 heterocycles. The summed E-state index contributed by atoms with van der Waals surface area (Å²) in [7, 11) is 4.58. The van der Waals surface area contributed by atoms with Crippen molar-refractivity contribution in [2.24, 2.45) is 0 Å².